The van der Waals surface area contributed by atoms with Gasteiger partial charge in [-0.15, -0.1) is 0 Å². The van der Waals surface area contributed by atoms with Crippen molar-refractivity contribution in [2.45, 2.75) is 12.5 Å². The van der Waals surface area contributed by atoms with Crippen LogP contribution in [-0.2, 0) is 5.54 Å². The fourth-order valence-electron chi connectivity index (χ4n) is 1.18. The van der Waals surface area contributed by atoms with Crippen LogP contribution >= 0.6 is 0 Å². The highest BCUT2D eigenvalue weighted by Gasteiger charge is 2.20. The quantitative estimate of drug-likeness (QED) is 0.613. The summed E-state index contributed by atoms with van der Waals surface area (Å²) in [7, 11) is 1.55. The molecule has 4 heteroatoms. The van der Waals surface area contributed by atoms with E-state index in [9.17, 15) is 0 Å². The molecule has 0 aromatic heterocycles. The molecule has 1 atom stereocenters. The molecule has 4 nitrogen and oxygen atoms in total. The van der Waals surface area contributed by atoms with E-state index in [4.69, 9.17) is 21.3 Å². The first-order valence-electron chi connectivity index (χ1n) is 4.35. The van der Waals surface area contributed by atoms with Crippen LogP contribution in [0.3, 0.4) is 0 Å². The molecule has 1 aromatic rings. The van der Waals surface area contributed by atoms with Gasteiger partial charge in [-0.1, -0.05) is 6.07 Å². The van der Waals surface area contributed by atoms with Gasteiger partial charge < -0.3 is 21.3 Å². The largest absolute Gasteiger partial charge is 0.495 e. The summed E-state index contributed by atoms with van der Waals surface area (Å²) >= 11 is 0. The topological polar surface area (TPSA) is 81.5 Å². The van der Waals surface area contributed by atoms with Gasteiger partial charge in [0.15, 0.2) is 0 Å². The molecule has 0 saturated heterocycles. The van der Waals surface area contributed by atoms with Crippen molar-refractivity contribution in [2.75, 3.05) is 19.5 Å². The second-order valence-corrected chi connectivity index (χ2v) is 3.53. The molecule has 78 valence electrons. The van der Waals surface area contributed by atoms with Crippen molar-refractivity contribution in [3.05, 3.63) is 23.8 Å². The Labute approximate surface area is 83.5 Å². The van der Waals surface area contributed by atoms with Gasteiger partial charge in [0.05, 0.1) is 24.9 Å². The fourth-order valence-corrected chi connectivity index (χ4v) is 1.18. The summed E-state index contributed by atoms with van der Waals surface area (Å²) in [6, 6.07) is 5.26. The number of aliphatic hydroxyl groups is 1. The summed E-state index contributed by atoms with van der Waals surface area (Å²) in [5.74, 6) is 0.613. The molecule has 0 aliphatic rings. The molecule has 0 aliphatic heterocycles. The molecular formula is C10H16N2O2. The zero-order chi connectivity index (χ0) is 10.8. The monoisotopic (exact) mass is 196 g/mol. The van der Waals surface area contributed by atoms with Crippen molar-refractivity contribution in [3.63, 3.8) is 0 Å². The number of nitrogen functional groups attached to an aromatic ring is 1. The Morgan fingerprint density at radius 1 is 1.50 bits per heavy atom. The lowest BCUT2D eigenvalue weighted by atomic mass is 9.94. The molecule has 0 heterocycles. The van der Waals surface area contributed by atoms with Gasteiger partial charge in [-0.3, -0.25) is 0 Å². The first-order valence-corrected chi connectivity index (χ1v) is 4.35. The number of nitrogens with two attached hydrogens (primary N) is 2. The first kappa shape index (κ1) is 10.8. The lowest BCUT2D eigenvalue weighted by Crippen LogP contribution is -2.36. The smallest absolute Gasteiger partial charge is 0.141 e. The molecule has 0 amide bonds. The average molecular weight is 196 g/mol. The number of rotatable bonds is 3. The Bertz CT molecular complexity index is 324. The van der Waals surface area contributed by atoms with Crippen LogP contribution in [0.4, 0.5) is 5.69 Å². The molecule has 1 unspecified atom stereocenters. The average Bonchev–Trinajstić information content (AvgIpc) is 2.17. The molecule has 0 aliphatic carbocycles. The zero-order valence-corrected chi connectivity index (χ0v) is 8.45. The second kappa shape index (κ2) is 3.86. The Hall–Kier alpha value is -1.26. The maximum atomic E-state index is 9.07. The first-order chi connectivity index (χ1) is 6.51. The second-order valence-electron chi connectivity index (χ2n) is 3.53. The van der Waals surface area contributed by atoms with Crippen molar-refractivity contribution in [1.29, 1.82) is 0 Å². The van der Waals surface area contributed by atoms with Crippen LogP contribution in [0.25, 0.3) is 0 Å². The van der Waals surface area contributed by atoms with Gasteiger partial charge in [-0.25, -0.2) is 0 Å². The SMILES string of the molecule is COc1ccc(C(C)(N)CO)cc1N. The third-order valence-corrected chi connectivity index (χ3v) is 2.22. The number of aliphatic hydroxyl groups excluding tert-OH is 1. The number of benzene rings is 1. The summed E-state index contributed by atoms with van der Waals surface area (Å²) in [5, 5.41) is 9.07. The molecule has 0 saturated carbocycles. The van der Waals surface area contributed by atoms with Gasteiger partial charge in [-0.2, -0.15) is 0 Å². The van der Waals surface area contributed by atoms with E-state index >= 15 is 0 Å². The summed E-state index contributed by atoms with van der Waals surface area (Å²) in [6.07, 6.45) is 0. The Morgan fingerprint density at radius 2 is 2.14 bits per heavy atom. The summed E-state index contributed by atoms with van der Waals surface area (Å²) in [4.78, 5) is 0. The lowest BCUT2D eigenvalue weighted by Gasteiger charge is -2.23. The highest BCUT2D eigenvalue weighted by atomic mass is 16.5. The molecule has 1 aromatic carbocycles. The van der Waals surface area contributed by atoms with Crippen molar-refractivity contribution < 1.29 is 9.84 Å². The molecule has 0 radical (unpaired) electrons. The highest BCUT2D eigenvalue weighted by Crippen LogP contribution is 2.26. The number of hydrogen-bond acceptors (Lipinski definition) is 4. The van der Waals surface area contributed by atoms with E-state index in [1.165, 1.54) is 0 Å². The lowest BCUT2D eigenvalue weighted by molar-refractivity contribution is 0.210. The fraction of sp³-hybridized carbons (Fsp3) is 0.400. The molecule has 0 spiro atoms. The third kappa shape index (κ3) is 1.97. The molecule has 0 bridgehead atoms. The number of methoxy groups -OCH3 is 1. The van der Waals surface area contributed by atoms with Gasteiger partial charge in [0, 0.05) is 0 Å². The summed E-state index contributed by atoms with van der Waals surface area (Å²) in [6.45, 7) is 1.62. The zero-order valence-electron chi connectivity index (χ0n) is 8.45. The predicted octanol–water partition coefficient (Wildman–Crippen LogP) is 0.444. The van der Waals surface area contributed by atoms with E-state index in [0.29, 0.717) is 11.4 Å². The summed E-state index contributed by atoms with van der Waals surface area (Å²) in [5.41, 5.74) is 12.1. The predicted molar refractivity (Wildman–Crippen MR) is 56.0 cm³/mol. The highest BCUT2D eigenvalue weighted by molar-refractivity contribution is 5.55. The minimum atomic E-state index is -0.764. The van der Waals surface area contributed by atoms with E-state index in [1.807, 2.05) is 0 Å². The Morgan fingerprint density at radius 3 is 2.57 bits per heavy atom. The minimum Gasteiger partial charge on any atom is -0.495 e. The van der Waals surface area contributed by atoms with E-state index in [2.05, 4.69) is 0 Å². The van der Waals surface area contributed by atoms with Crippen LogP contribution in [-0.4, -0.2) is 18.8 Å². The van der Waals surface area contributed by atoms with Crippen LogP contribution in [0.5, 0.6) is 5.75 Å². The summed E-state index contributed by atoms with van der Waals surface area (Å²) < 4.78 is 5.02. The molecular weight excluding hydrogens is 180 g/mol. The maximum Gasteiger partial charge on any atom is 0.141 e. The van der Waals surface area contributed by atoms with Gasteiger partial charge in [0.1, 0.15) is 5.75 Å². The van der Waals surface area contributed by atoms with Crippen molar-refractivity contribution in [2.24, 2.45) is 5.73 Å². The Kier molecular flexibility index (Phi) is 2.98. The van der Waals surface area contributed by atoms with E-state index in [1.54, 1.807) is 32.2 Å². The van der Waals surface area contributed by atoms with Crippen LogP contribution in [0, 0.1) is 0 Å². The maximum absolute atomic E-state index is 9.07. The van der Waals surface area contributed by atoms with Gasteiger partial charge in [0.2, 0.25) is 0 Å². The number of ether oxygens (including phenoxy) is 1. The van der Waals surface area contributed by atoms with Crippen molar-refractivity contribution >= 4 is 5.69 Å². The minimum absolute atomic E-state index is 0.126. The normalized spacial score (nSPS) is 14.9. The number of hydrogen-bond donors (Lipinski definition) is 3. The molecule has 0 fully saturated rings. The van der Waals surface area contributed by atoms with Gasteiger partial charge in [0.25, 0.3) is 0 Å². The van der Waals surface area contributed by atoms with Crippen LogP contribution in [0.1, 0.15) is 12.5 Å². The van der Waals surface area contributed by atoms with Crippen LogP contribution in [0.15, 0.2) is 18.2 Å². The van der Waals surface area contributed by atoms with Crippen molar-refractivity contribution in [1.82, 2.24) is 0 Å². The number of anilines is 1. The molecule has 1 rings (SSSR count). The van der Waals surface area contributed by atoms with E-state index in [0.717, 1.165) is 5.56 Å². The molecule has 14 heavy (non-hydrogen) atoms. The van der Waals surface area contributed by atoms with Crippen molar-refractivity contribution in [3.8, 4) is 5.75 Å². The Balaban J connectivity index is 3.08. The van der Waals surface area contributed by atoms with Crippen LogP contribution < -0.4 is 16.2 Å². The van der Waals surface area contributed by atoms with E-state index < -0.39 is 5.54 Å². The van der Waals surface area contributed by atoms with Gasteiger partial charge >= 0.3 is 0 Å². The van der Waals surface area contributed by atoms with E-state index in [-0.39, 0.29) is 6.61 Å². The standard InChI is InChI=1S/C10H16N2O2/c1-10(12,6-13)7-3-4-9(14-2)8(11)5-7/h3-5,13H,6,11-12H2,1-2H3. The third-order valence-electron chi connectivity index (χ3n) is 2.22. The van der Waals surface area contributed by atoms with Gasteiger partial charge in [-0.05, 0) is 24.6 Å². The molecule has 5 N–H and O–H groups in total. The van der Waals surface area contributed by atoms with Crippen LogP contribution in [0.2, 0.25) is 0 Å².